The fraction of sp³-hybridized carbons (Fsp3) is 0.474. The van der Waals surface area contributed by atoms with Crippen molar-refractivity contribution in [3.8, 4) is 11.3 Å². The fourth-order valence-electron chi connectivity index (χ4n) is 3.38. The number of benzene rings is 1. The first-order valence-corrected chi connectivity index (χ1v) is 8.68. The Kier molecular flexibility index (Phi) is 5.49. The van der Waals surface area contributed by atoms with E-state index in [4.69, 9.17) is 4.42 Å². The van der Waals surface area contributed by atoms with Crippen LogP contribution in [0.25, 0.3) is 11.3 Å². The molecule has 0 amide bonds. The molecule has 136 valence electrons. The van der Waals surface area contributed by atoms with Crippen LogP contribution in [0.1, 0.15) is 31.1 Å². The van der Waals surface area contributed by atoms with Crippen LogP contribution in [-0.4, -0.2) is 30.6 Å². The van der Waals surface area contributed by atoms with E-state index in [-0.39, 0.29) is 0 Å². The predicted molar refractivity (Wildman–Crippen MR) is 91.1 cm³/mol. The number of nitrogens with one attached hydrogen (secondary N) is 1. The van der Waals surface area contributed by atoms with Gasteiger partial charge in [0.2, 0.25) is 0 Å². The maximum Gasteiger partial charge on any atom is 0.416 e. The van der Waals surface area contributed by atoms with Crippen LogP contribution < -0.4 is 5.32 Å². The van der Waals surface area contributed by atoms with Crippen molar-refractivity contribution in [2.24, 2.45) is 0 Å². The molecule has 1 aliphatic rings. The van der Waals surface area contributed by atoms with Gasteiger partial charge in [-0.2, -0.15) is 13.2 Å². The van der Waals surface area contributed by atoms with E-state index in [0.29, 0.717) is 23.9 Å². The van der Waals surface area contributed by atoms with E-state index in [0.717, 1.165) is 37.5 Å². The van der Waals surface area contributed by atoms with E-state index in [1.54, 1.807) is 12.1 Å². The van der Waals surface area contributed by atoms with Crippen molar-refractivity contribution < 1.29 is 17.6 Å². The molecule has 1 aromatic heterocycles. The van der Waals surface area contributed by atoms with Crippen molar-refractivity contribution in [2.45, 2.75) is 38.5 Å². The smallest absolute Gasteiger partial charge is 0.416 e. The second-order valence-corrected chi connectivity index (χ2v) is 6.40. The molecule has 3 nitrogen and oxygen atoms in total. The number of halogens is 3. The van der Waals surface area contributed by atoms with Gasteiger partial charge in [-0.25, -0.2) is 0 Å². The molecule has 2 aromatic rings. The van der Waals surface area contributed by atoms with Gasteiger partial charge in [0.15, 0.2) is 0 Å². The van der Waals surface area contributed by atoms with Gasteiger partial charge in [0, 0.05) is 18.2 Å². The molecular formula is C19H23F3N2O. The van der Waals surface area contributed by atoms with Crippen LogP contribution in [0.3, 0.4) is 0 Å². The maximum absolute atomic E-state index is 12.8. The number of hydrogen-bond donors (Lipinski definition) is 1. The molecule has 1 atom stereocenters. The Morgan fingerprint density at radius 3 is 2.84 bits per heavy atom. The molecule has 0 saturated carbocycles. The molecule has 3 rings (SSSR count). The van der Waals surface area contributed by atoms with Crippen LogP contribution in [0.2, 0.25) is 0 Å². The molecule has 1 fully saturated rings. The fourth-order valence-corrected chi connectivity index (χ4v) is 3.38. The van der Waals surface area contributed by atoms with Crippen LogP contribution >= 0.6 is 0 Å². The molecule has 2 heterocycles. The highest BCUT2D eigenvalue weighted by molar-refractivity contribution is 5.58. The summed E-state index contributed by atoms with van der Waals surface area (Å²) >= 11 is 0. The summed E-state index contributed by atoms with van der Waals surface area (Å²) in [5.74, 6) is 1.19. The van der Waals surface area contributed by atoms with Crippen molar-refractivity contribution >= 4 is 0 Å². The van der Waals surface area contributed by atoms with Crippen molar-refractivity contribution in [3.05, 3.63) is 47.7 Å². The highest BCUT2D eigenvalue weighted by atomic mass is 19.4. The van der Waals surface area contributed by atoms with E-state index >= 15 is 0 Å². The Morgan fingerprint density at radius 2 is 2.08 bits per heavy atom. The van der Waals surface area contributed by atoms with Gasteiger partial charge in [0.1, 0.15) is 11.5 Å². The average Bonchev–Trinajstić information content (AvgIpc) is 3.23. The van der Waals surface area contributed by atoms with Gasteiger partial charge in [-0.15, -0.1) is 0 Å². The molecular weight excluding hydrogens is 329 g/mol. The Balaban J connectivity index is 1.59. The SMILES string of the molecule is CCN1CCC[C@@H]1CNCc1ccc(-c2cccc(C(F)(F)F)c2)o1. The van der Waals surface area contributed by atoms with Gasteiger partial charge in [0.25, 0.3) is 0 Å². The zero-order valence-corrected chi connectivity index (χ0v) is 14.3. The summed E-state index contributed by atoms with van der Waals surface area (Å²) in [6.45, 7) is 5.86. The second-order valence-electron chi connectivity index (χ2n) is 6.40. The van der Waals surface area contributed by atoms with Gasteiger partial charge in [-0.3, -0.25) is 4.90 Å². The molecule has 0 spiro atoms. The lowest BCUT2D eigenvalue weighted by Crippen LogP contribution is -2.37. The minimum Gasteiger partial charge on any atom is -0.460 e. The highest BCUT2D eigenvalue weighted by Crippen LogP contribution is 2.32. The summed E-state index contributed by atoms with van der Waals surface area (Å²) in [7, 11) is 0. The standard InChI is InChI=1S/C19H23F3N2O/c1-2-24-10-4-7-16(24)12-23-13-17-8-9-18(25-17)14-5-3-6-15(11-14)19(20,21)22/h3,5-6,8-9,11,16,23H,2,4,7,10,12-13H2,1H3/t16-/m1/s1. The normalized spacial score (nSPS) is 18.8. The van der Waals surface area contributed by atoms with Gasteiger partial charge in [0.05, 0.1) is 12.1 Å². The molecule has 1 aliphatic heterocycles. The Bertz CT molecular complexity index is 696. The number of furan rings is 1. The van der Waals surface area contributed by atoms with Crippen LogP contribution in [0, 0.1) is 0 Å². The number of hydrogen-bond acceptors (Lipinski definition) is 3. The quantitative estimate of drug-likeness (QED) is 0.827. The molecule has 0 radical (unpaired) electrons. The van der Waals surface area contributed by atoms with E-state index in [1.165, 1.54) is 18.9 Å². The first-order valence-electron chi connectivity index (χ1n) is 8.68. The van der Waals surface area contributed by atoms with E-state index in [1.807, 2.05) is 6.07 Å². The largest absolute Gasteiger partial charge is 0.460 e. The summed E-state index contributed by atoms with van der Waals surface area (Å²) in [4.78, 5) is 2.46. The summed E-state index contributed by atoms with van der Waals surface area (Å²) in [6.07, 6.45) is -1.91. The molecule has 0 unspecified atom stereocenters. The number of rotatable bonds is 6. The number of likely N-dealkylation sites (N-methyl/N-ethyl adjacent to an activating group) is 1. The van der Waals surface area contributed by atoms with E-state index in [9.17, 15) is 13.2 Å². The zero-order valence-electron chi connectivity index (χ0n) is 14.3. The highest BCUT2D eigenvalue weighted by Gasteiger charge is 2.30. The van der Waals surface area contributed by atoms with Crippen molar-refractivity contribution in [3.63, 3.8) is 0 Å². The number of nitrogens with zero attached hydrogens (tertiary/aromatic N) is 1. The molecule has 0 bridgehead atoms. The summed E-state index contributed by atoms with van der Waals surface area (Å²) in [6, 6.07) is 9.31. The Labute approximate surface area is 145 Å². The number of alkyl halides is 3. The van der Waals surface area contributed by atoms with E-state index in [2.05, 4.69) is 17.1 Å². The van der Waals surface area contributed by atoms with Crippen LogP contribution in [0.5, 0.6) is 0 Å². The topological polar surface area (TPSA) is 28.4 Å². The first-order chi connectivity index (χ1) is 12.0. The van der Waals surface area contributed by atoms with Gasteiger partial charge < -0.3 is 9.73 Å². The van der Waals surface area contributed by atoms with Crippen molar-refractivity contribution in [1.82, 2.24) is 10.2 Å². The van der Waals surface area contributed by atoms with Gasteiger partial charge in [-0.05, 0) is 50.2 Å². The van der Waals surface area contributed by atoms with Gasteiger partial charge >= 0.3 is 6.18 Å². The molecule has 1 aromatic carbocycles. The molecule has 6 heteroatoms. The predicted octanol–water partition coefficient (Wildman–Crippen LogP) is 4.54. The minimum absolute atomic E-state index is 0.439. The lowest BCUT2D eigenvalue weighted by atomic mass is 10.1. The Morgan fingerprint density at radius 1 is 1.24 bits per heavy atom. The molecule has 25 heavy (non-hydrogen) atoms. The van der Waals surface area contributed by atoms with Crippen molar-refractivity contribution in [1.29, 1.82) is 0 Å². The Hall–Kier alpha value is -1.79. The lowest BCUT2D eigenvalue weighted by molar-refractivity contribution is -0.137. The molecule has 1 N–H and O–H groups in total. The van der Waals surface area contributed by atoms with E-state index < -0.39 is 11.7 Å². The summed E-state index contributed by atoms with van der Waals surface area (Å²) in [5.41, 5.74) is -0.226. The molecule has 0 aliphatic carbocycles. The lowest BCUT2D eigenvalue weighted by Gasteiger charge is -2.22. The third kappa shape index (κ3) is 4.44. The second kappa shape index (κ2) is 7.62. The third-order valence-corrected chi connectivity index (χ3v) is 4.72. The first kappa shape index (κ1) is 18.0. The monoisotopic (exact) mass is 352 g/mol. The third-order valence-electron chi connectivity index (χ3n) is 4.72. The number of likely N-dealkylation sites (tertiary alicyclic amines) is 1. The maximum atomic E-state index is 12.8. The van der Waals surface area contributed by atoms with Gasteiger partial charge in [-0.1, -0.05) is 19.1 Å². The summed E-state index contributed by atoms with van der Waals surface area (Å²) < 4.78 is 44.2. The zero-order chi connectivity index (χ0) is 17.9. The van der Waals surface area contributed by atoms with Crippen LogP contribution in [-0.2, 0) is 12.7 Å². The minimum atomic E-state index is -4.35. The average molecular weight is 352 g/mol. The summed E-state index contributed by atoms with van der Waals surface area (Å²) in [5, 5.41) is 3.39. The van der Waals surface area contributed by atoms with Crippen LogP contribution in [0.4, 0.5) is 13.2 Å². The molecule has 1 saturated heterocycles. The van der Waals surface area contributed by atoms with Crippen LogP contribution in [0.15, 0.2) is 40.8 Å². The van der Waals surface area contributed by atoms with Crippen molar-refractivity contribution in [2.75, 3.05) is 19.6 Å².